The van der Waals surface area contributed by atoms with Crippen molar-refractivity contribution in [1.29, 1.82) is 0 Å². The van der Waals surface area contributed by atoms with Gasteiger partial charge >= 0.3 is 17.8 Å². The van der Waals surface area contributed by atoms with Crippen LogP contribution in [0.4, 0.5) is 4.79 Å². The van der Waals surface area contributed by atoms with Crippen LogP contribution in [-0.4, -0.2) is 39.3 Å². The number of carbonyl (C=O) groups excluding carboxylic acids is 3. The largest absolute Gasteiger partial charge is 0.359 e. The Morgan fingerprint density at radius 2 is 1.84 bits per heavy atom. The van der Waals surface area contributed by atoms with E-state index in [2.05, 4.69) is 5.16 Å². The Bertz CT molecular complexity index is 535. The number of aromatic nitrogens is 1. The zero-order valence-corrected chi connectivity index (χ0v) is 11.0. The topological polar surface area (TPSA) is 83.7 Å². The normalized spacial score (nSPS) is 16.1. The van der Waals surface area contributed by atoms with Crippen molar-refractivity contribution in [1.82, 2.24) is 15.0 Å². The van der Waals surface area contributed by atoms with Crippen molar-refractivity contribution in [2.45, 2.75) is 27.3 Å². The van der Waals surface area contributed by atoms with Gasteiger partial charge in [-0.3, -0.25) is 14.5 Å². The summed E-state index contributed by atoms with van der Waals surface area (Å²) in [6, 6.07) is 1.02. The molecular formula is C12H15N3O4. The van der Waals surface area contributed by atoms with Crippen LogP contribution in [0.3, 0.4) is 0 Å². The Balaban J connectivity index is 2.15. The average molecular weight is 265 g/mol. The van der Waals surface area contributed by atoms with Crippen molar-refractivity contribution in [3.63, 3.8) is 0 Å². The fourth-order valence-corrected chi connectivity index (χ4v) is 1.86. The first-order chi connectivity index (χ1) is 8.90. The monoisotopic (exact) mass is 265 g/mol. The number of nitrogens with zero attached hydrogens (tertiary/aromatic N) is 3. The molecule has 0 spiro atoms. The van der Waals surface area contributed by atoms with Crippen LogP contribution in [0.2, 0.25) is 0 Å². The molecule has 1 aromatic heterocycles. The summed E-state index contributed by atoms with van der Waals surface area (Å²) in [5, 5.41) is 3.67. The highest BCUT2D eigenvalue weighted by atomic mass is 16.5. The van der Waals surface area contributed by atoms with Crippen LogP contribution in [0, 0.1) is 12.8 Å². The predicted molar refractivity (Wildman–Crippen MR) is 63.7 cm³/mol. The average Bonchev–Trinajstić information content (AvgIpc) is 2.82. The van der Waals surface area contributed by atoms with Crippen molar-refractivity contribution >= 4 is 17.8 Å². The molecule has 7 nitrogen and oxygen atoms in total. The van der Waals surface area contributed by atoms with Crippen LogP contribution in [0.1, 0.15) is 25.3 Å². The van der Waals surface area contributed by atoms with Gasteiger partial charge in [0.25, 0.3) is 0 Å². The molecule has 4 amide bonds. The minimum absolute atomic E-state index is 0.0706. The summed E-state index contributed by atoms with van der Waals surface area (Å²) in [6.45, 7) is 5.63. The van der Waals surface area contributed by atoms with Gasteiger partial charge < -0.3 is 4.52 Å². The van der Waals surface area contributed by atoms with Gasteiger partial charge in [0.2, 0.25) is 0 Å². The smallest absolute Gasteiger partial charge is 0.334 e. The zero-order chi connectivity index (χ0) is 14.2. The number of aryl methyl sites for hydroxylation is 1. The van der Waals surface area contributed by atoms with E-state index in [0.29, 0.717) is 11.5 Å². The fourth-order valence-electron chi connectivity index (χ4n) is 1.86. The van der Waals surface area contributed by atoms with Crippen LogP contribution in [-0.2, 0) is 16.1 Å². The molecule has 102 valence electrons. The van der Waals surface area contributed by atoms with Gasteiger partial charge in [-0.15, -0.1) is 0 Å². The zero-order valence-electron chi connectivity index (χ0n) is 11.0. The van der Waals surface area contributed by atoms with Gasteiger partial charge in [0, 0.05) is 12.6 Å². The van der Waals surface area contributed by atoms with Crippen molar-refractivity contribution in [3.8, 4) is 0 Å². The van der Waals surface area contributed by atoms with Crippen LogP contribution < -0.4 is 0 Å². The van der Waals surface area contributed by atoms with E-state index in [1.807, 2.05) is 13.8 Å². The van der Waals surface area contributed by atoms with Crippen LogP contribution in [0.25, 0.3) is 0 Å². The molecule has 1 aromatic rings. The molecule has 1 aliphatic rings. The standard InChI is InChI=1S/C12H15N3O4/c1-7(2)5-14-10(16)11(17)15(12(14)18)6-9-4-8(3)13-19-9/h4,7H,5-6H2,1-3H3. The summed E-state index contributed by atoms with van der Waals surface area (Å²) in [4.78, 5) is 37.4. The number of hydrogen-bond acceptors (Lipinski definition) is 5. The number of hydrogen-bond donors (Lipinski definition) is 0. The van der Waals surface area contributed by atoms with Crippen molar-refractivity contribution in [2.24, 2.45) is 5.92 Å². The summed E-state index contributed by atoms with van der Waals surface area (Å²) in [5.74, 6) is -1.12. The van der Waals surface area contributed by atoms with E-state index in [1.165, 1.54) is 0 Å². The van der Waals surface area contributed by atoms with Gasteiger partial charge in [0.1, 0.15) is 0 Å². The lowest BCUT2D eigenvalue weighted by Crippen LogP contribution is -2.35. The number of urea groups is 1. The first kappa shape index (κ1) is 13.3. The maximum Gasteiger partial charge on any atom is 0.334 e. The molecule has 0 bridgehead atoms. The minimum Gasteiger partial charge on any atom is -0.359 e. The Morgan fingerprint density at radius 3 is 2.37 bits per heavy atom. The van der Waals surface area contributed by atoms with E-state index >= 15 is 0 Å². The molecule has 19 heavy (non-hydrogen) atoms. The first-order valence-electron chi connectivity index (χ1n) is 5.99. The predicted octanol–water partition coefficient (Wildman–Crippen LogP) is 0.930. The third-order valence-corrected chi connectivity index (χ3v) is 2.67. The molecule has 1 saturated heterocycles. The quantitative estimate of drug-likeness (QED) is 0.597. The van der Waals surface area contributed by atoms with Crippen LogP contribution in [0.15, 0.2) is 10.6 Å². The van der Waals surface area contributed by atoms with E-state index in [0.717, 1.165) is 9.80 Å². The third-order valence-electron chi connectivity index (χ3n) is 2.67. The molecule has 0 unspecified atom stereocenters. The lowest BCUT2D eigenvalue weighted by atomic mass is 10.2. The molecule has 0 aromatic carbocycles. The Morgan fingerprint density at radius 1 is 1.21 bits per heavy atom. The van der Waals surface area contributed by atoms with Gasteiger partial charge in [0.05, 0.1) is 12.2 Å². The maximum atomic E-state index is 12.0. The summed E-state index contributed by atoms with van der Waals surface area (Å²) in [7, 11) is 0. The van der Waals surface area contributed by atoms with Gasteiger partial charge in [-0.2, -0.15) is 0 Å². The second-order valence-electron chi connectivity index (χ2n) is 4.92. The molecular weight excluding hydrogens is 250 g/mol. The highest BCUT2D eigenvalue weighted by molar-refractivity contribution is 6.44. The second kappa shape index (κ2) is 4.83. The summed E-state index contributed by atoms with van der Waals surface area (Å²) in [6.07, 6.45) is 0. The van der Waals surface area contributed by atoms with E-state index in [9.17, 15) is 14.4 Å². The Labute approximate surface area is 110 Å². The number of rotatable bonds is 4. The van der Waals surface area contributed by atoms with Crippen molar-refractivity contribution in [2.75, 3.05) is 6.54 Å². The van der Waals surface area contributed by atoms with E-state index in [4.69, 9.17) is 4.52 Å². The molecule has 2 rings (SSSR count). The van der Waals surface area contributed by atoms with Crippen molar-refractivity contribution in [3.05, 3.63) is 17.5 Å². The Hall–Kier alpha value is -2.18. The molecule has 0 atom stereocenters. The maximum absolute atomic E-state index is 12.0. The van der Waals surface area contributed by atoms with Gasteiger partial charge in [0.15, 0.2) is 5.76 Å². The molecule has 2 heterocycles. The third kappa shape index (κ3) is 2.49. The highest BCUT2D eigenvalue weighted by Gasteiger charge is 2.44. The van der Waals surface area contributed by atoms with Gasteiger partial charge in [-0.25, -0.2) is 9.69 Å². The van der Waals surface area contributed by atoms with Crippen LogP contribution >= 0.6 is 0 Å². The van der Waals surface area contributed by atoms with E-state index in [-0.39, 0.29) is 19.0 Å². The SMILES string of the molecule is Cc1cc(CN2C(=O)C(=O)N(CC(C)C)C2=O)on1. The molecule has 0 N–H and O–H groups in total. The number of imide groups is 2. The number of amides is 4. The molecule has 7 heteroatoms. The Kier molecular flexibility index (Phi) is 3.37. The number of carbonyl (C=O) groups is 3. The fraction of sp³-hybridized carbons (Fsp3) is 0.500. The molecule has 0 saturated carbocycles. The summed E-state index contributed by atoms with van der Waals surface area (Å²) < 4.78 is 4.95. The van der Waals surface area contributed by atoms with Crippen LogP contribution in [0.5, 0.6) is 0 Å². The van der Waals surface area contributed by atoms with Gasteiger partial charge in [-0.1, -0.05) is 19.0 Å². The molecule has 1 fully saturated rings. The molecule has 1 aliphatic heterocycles. The van der Waals surface area contributed by atoms with Crippen molar-refractivity contribution < 1.29 is 18.9 Å². The molecule has 0 aliphatic carbocycles. The second-order valence-corrected chi connectivity index (χ2v) is 4.92. The van der Waals surface area contributed by atoms with E-state index < -0.39 is 17.8 Å². The lowest BCUT2D eigenvalue weighted by molar-refractivity contribution is -0.143. The minimum atomic E-state index is -0.820. The summed E-state index contributed by atoms with van der Waals surface area (Å²) in [5.41, 5.74) is 0.652. The first-order valence-corrected chi connectivity index (χ1v) is 5.99. The lowest BCUT2D eigenvalue weighted by Gasteiger charge is -2.16. The van der Waals surface area contributed by atoms with E-state index in [1.54, 1.807) is 13.0 Å². The highest BCUT2D eigenvalue weighted by Crippen LogP contribution is 2.17. The summed E-state index contributed by atoms with van der Waals surface area (Å²) >= 11 is 0. The molecule has 0 radical (unpaired) electrons. The van der Waals surface area contributed by atoms with Gasteiger partial charge in [-0.05, 0) is 12.8 Å².